The lowest BCUT2D eigenvalue weighted by Gasteiger charge is -2.18. The van der Waals surface area contributed by atoms with Gasteiger partial charge in [0.25, 0.3) is 0 Å². The Hall–Kier alpha value is -1.22. The predicted molar refractivity (Wildman–Crippen MR) is 69.4 cm³/mol. The molecule has 1 rings (SSSR count). The van der Waals surface area contributed by atoms with Crippen LogP contribution in [0.2, 0.25) is 5.02 Å². The Kier molecular flexibility index (Phi) is 5.29. The van der Waals surface area contributed by atoms with Crippen LogP contribution in [-0.2, 0) is 11.3 Å². The van der Waals surface area contributed by atoms with Crippen LogP contribution in [0.1, 0.15) is 25.3 Å². The van der Waals surface area contributed by atoms with Gasteiger partial charge >= 0.3 is 0 Å². The van der Waals surface area contributed by atoms with E-state index in [1.54, 1.807) is 25.1 Å². The highest BCUT2D eigenvalue weighted by Gasteiger charge is 2.11. The maximum absolute atomic E-state index is 11.7. The van der Waals surface area contributed by atoms with Gasteiger partial charge in [0, 0.05) is 30.6 Å². The Morgan fingerprint density at radius 3 is 2.76 bits per heavy atom. The van der Waals surface area contributed by atoms with Crippen molar-refractivity contribution in [1.29, 1.82) is 0 Å². The van der Waals surface area contributed by atoms with Crippen molar-refractivity contribution in [3.63, 3.8) is 0 Å². The number of methoxy groups -OCH3 is 1. The molecule has 0 spiro atoms. The number of carbonyl (C=O) groups excluding carboxylic acids is 1. The van der Waals surface area contributed by atoms with Crippen LogP contribution in [0.15, 0.2) is 18.2 Å². The van der Waals surface area contributed by atoms with E-state index in [-0.39, 0.29) is 5.91 Å². The lowest BCUT2D eigenvalue weighted by Crippen LogP contribution is -2.25. The van der Waals surface area contributed by atoms with Crippen molar-refractivity contribution in [2.24, 2.45) is 0 Å². The first-order valence-electron chi connectivity index (χ1n) is 5.64. The van der Waals surface area contributed by atoms with Crippen LogP contribution in [0.25, 0.3) is 0 Å². The van der Waals surface area contributed by atoms with Crippen LogP contribution >= 0.6 is 11.6 Å². The average Bonchev–Trinajstić information content (AvgIpc) is 2.29. The van der Waals surface area contributed by atoms with E-state index in [2.05, 4.69) is 0 Å². The summed E-state index contributed by atoms with van der Waals surface area (Å²) in [7, 11) is 3.40. The van der Waals surface area contributed by atoms with Gasteiger partial charge in [-0.2, -0.15) is 0 Å². The maximum atomic E-state index is 11.7. The molecule has 0 heterocycles. The molecule has 0 aromatic heterocycles. The molecule has 94 valence electrons. The van der Waals surface area contributed by atoms with Gasteiger partial charge in [0.1, 0.15) is 5.75 Å². The molecule has 0 atom stereocenters. The number of halogens is 1. The van der Waals surface area contributed by atoms with Crippen molar-refractivity contribution in [2.75, 3.05) is 14.2 Å². The fourth-order valence-corrected chi connectivity index (χ4v) is 1.81. The summed E-state index contributed by atoms with van der Waals surface area (Å²) in [5.41, 5.74) is 0.923. The van der Waals surface area contributed by atoms with E-state index < -0.39 is 0 Å². The summed E-state index contributed by atoms with van der Waals surface area (Å²) in [6.07, 6.45) is 1.43. The van der Waals surface area contributed by atoms with Gasteiger partial charge in [-0.15, -0.1) is 0 Å². The fraction of sp³-hybridized carbons (Fsp3) is 0.462. The summed E-state index contributed by atoms with van der Waals surface area (Å²) < 4.78 is 5.24. The highest BCUT2D eigenvalue weighted by atomic mass is 35.5. The van der Waals surface area contributed by atoms with E-state index in [0.717, 1.165) is 17.7 Å². The SMILES string of the molecule is CCCC(=O)N(C)Cc1cc(Cl)ccc1OC. The zero-order chi connectivity index (χ0) is 12.8. The van der Waals surface area contributed by atoms with E-state index in [9.17, 15) is 4.79 Å². The second-order valence-electron chi connectivity index (χ2n) is 3.96. The number of rotatable bonds is 5. The summed E-state index contributed by atoms with van der Waals surface area (Å²) in [5.74, 6) is 0.889. The van der Waals surface area contributed by atoms with Crippen LogP contribution in [0.3, 0.4) is 0 Å². The number of ether oxygens (including phenoxy) is 1. The standard InChI is InChI=1S/C13H18ClNO2/c1-4-5-13(16)15(2)9-10-8-11(14)6-7-12(10)17-3/h6-8H,4-5,9H2,1-3H3. The van der Waals surface area contributed by atoms with Gasteiger partial charge < -0.3 is 9.64 Å². The maximum Gasteiger partial charge on any atom is 0.222 e. The molecule has 0 aliphatic heterocycles. The third kappa shape index (κ3) is 3.93. The Labute approximate surface area is 107 Å². The first-order chi connectivity index (χ1) is 8.08. The smallest absolute Gasteiger partial charge is 0.222 e. The van der Waals surface area contributed by atoms with Crippen molar-refractivity contribution in [3.8, 4) is 5.75 Å². The van der Waals surface area contributed by atoms with Gasteiger partial charge in [0.2, 0.25) is 5.91 Å². The van der Waals surface area contributed by atoms with Crippen molar-refractivity contribution in [1.82, 2.24) is 4.90 Å². The number of hydrogen-bond acceptors (Lipinski definition) is 2. The topological polar surface area (TPSA) is 29.5 Å². The Bertz CT molecular complexity index is 393. The van der Waals surface area contributed by atoms with Crippen molar-refractivity contribution < 1.29 is 9.53 Å². The van der Waals surface area contributed by atoms with Crippen molar-refractivity contribution in [2.45, 2.75) is 26.3 Å². The highest BCUT2D eigenvalue weighted by Crippen LogP contribution is 2.23. The monoisotopic (exact) mass is 255 g/mol. The summed E-state index contributed by atoms with van der Waals surface area (Å²) in [5, 5.41) is 0.650. The lowest BCUT2D eigenvalue weighted by molar-refractivity contribution is -0.130. The van der Waals surface area contributed by atoms with Gasteiger partial charge in [-0.25, -0.2) is 0 Å². The van der Waals surface area contributed by atoms with E-state index in [4.69, 9.17) is 16.3 Å². The molecule has 17 heavy (non-hydrogen) atoms. The van der Waals surface area contributed by atoms with Gasteiger partial charge in [-0.3, -0.25) is 4.79 Å². The number of amides is 1. The Morgan fingerprint density at radius 2 is 2.18 bits per heavy atom. The zero-order valence-corrected chi connectivity index (χ0v) is 11.3. The first kappa shape index (κ1) is 13.8. The van der Waals surface area contributed by atoms with Gasteiger partial charge in [-0.05, 0) is 24.6 Å². The fourth-order valence-electron chi connectivity index (χ4n) is 1.62. The van der Waals surface area contributed by atoms with E-state index >= 15 is 0 Å². The summed E-state index contributed by atoms with van der Waals surface area (Å²) in [4.78, 5) is 13.4. The van der Waals surface area contributed by atoms with Crippen LogP contribution < -0.4 is 4.74 Å². The van der Waals surface area contributed by atoms with Gasteiger partial charge in [0.05, 0.1) is 7.11 Å². The molecule has 1 amide bonds. The van der Waals surface area contributed by atoms with E-state index in [1.807, 2.05) is 19.1 Å². The van der Waals surface area contributed by atoms with Crippen LogP contribution in [0.4, 0.5) is 0 Å². The minimum Gasteiger partial charge on any atom is -0.496 e. The molecular formula is C13H18ClNO2. The molecule has 0 unspecified atom stereocenters. The molecule has 0 bridgehead atoms. The first-order valence-corrected chi connectivity index (χ1v) is 6.02. The molecule has 0 radical (unpaired) electrons. The van der Waals surface area contributed by atoms with E-state index in [1.165, 1.54) is 0 Å². The molecule has 1 aromatic rings. The zero-order valence-electron chi connectivity index (χ0n) is 10.5. The van der Waals surface area contributed by atoms with Crippen molar-refractivity contribution >= 4 is 17.5 Å². The molecule has 0 fully saturated rings. The third-order valence-electron chi connectivity index (χ3n) is 2.54. The molecule has 0 aliphatic rings. The third-order valence-corrected chi connectivity index (χ3v) is 2.77. The molecular weight excluding hydrogens is 238 g/mol. The van der Waals surface area contributed by atoms with Crippen molar-refractivity contribution in [3.05, 3.63) is 28.8 Å². The number of hydrogen-bond donors (Lipinski definition) is 0. The second kappa shape index (κ2) is 6.50. The number of carbonyl (C=O) groups is 1. The molecule has 0 saturated heterocycles. The molecule has 3 nitrogen and oxygen atoms in total. The van der Waals surface area contributed by atoms with Crippen LogP contribution in [-0.4, -0.2) is 25.0 Å². The Balaban J connectivity index is 2.79. The minimum absolute atomic E-state index is 0.134. The van der Waals surface area contributed by atoms with Crippen LogP contribution in [0.5, 0.6) is 5.75 Å². The highest BCUT2D eigenvalue weighted by molar-refractivity contribution is 6.30. The Morgan fingerprint density at radius 1 is 1.47 bits per heavy atom. The number of nitrogens with zero attached hydrogens (tertiary/aromatic N) is 1. The summed E-state index contributed by atoms with van der Waals surface area (Å²) in [6.45, 7) is 2.51. The minimum atomic E-state index is 0.134. The lowest BCUT2D eigenvalue weighted by atomic mass is 10.2. The molecule has 4 heteroatoms. The average molecular weight is 256 g/mol. The van der Waals surface area contributed by atoms with Gasteiger partial charge in [-0.1, -0.05) is 18.5 Å². The largest absolute Gasteiger partial charge is 0.496 e. The molecule has 1 aromatic carbocycles. The molecule has 0 saturated carbocycles. The van der Waals surface area contributed by atoms with Crippen LogP contribution in [0, 0.1) is 0 Å². The molecule has 0 N–H and O–H groups in total. The number of benzene rings is 1. The molecule has 0 aliphatic carbocycles. The van der Waals surface area contributed by atoms with E-state index in [0.29, 0.717) is 18.0 Å². The quantitative estimate of drug-likeness (QED) is 0.809. The van der Waals surface area contributed by atoms with Gasteiger partial charge in [0.15, 0.2) is 0 Å². The normalized spacial score (nSPS) is 10.1. The predicted octanol–water partition coefficient (Wildman–Crippen LogP) is 3.11. The summed E-state index contributed by atoms with van der Waals surface area (Å²) >= 11 is 5.94. The second-order valence-corrected chi connectivity index (χ2v) is 4.39. The summed E-state index contributed by atoms with van der Waals surface area (Å²) in [6, 6.07) is 5.42.